The Hall–Kier alpha value is -0.280. The van der Waals surface area contributed by atoms with Crippen molar-refractivity contribution in [2.24, 2.45) is 22.2 Å². The molecule has 4 aliphatic carbocycles. The summed E-state index contributed by atoms with van der Waals surface area (Å²) in [5.74, 6) is 1.31. The van der Waals surface area contributed by atoms with E-state index in [1.807, 2.05) is 0 Å². The Morgan fingerprint density at radius 3 is 2.10 bits per heavy atom. The molecule has 0 radical (unpaired) electrons. The van der Waals surface area contributed by atoms with Crippen LogP contribution in [-0.2, 0) is 4.79 Å². The van der Waals surface area contributed by atoms with Crippen LogP contribution in [0.3, 0.4) is 0 Å². The molecule has 0 aromatic heterocycles. The van der Waals surface area contributed by atoms with Crippen molar-refractivity contribution < 1.29 is 4.79 Å². The number of carbonyl (C=O) groups is 1. The molecule has 1 heterocycles. The number of hydrogen-bond donors (Lipinski definition) is 1. The molecule has 0 aromatic carbocycles. The topological polar surface area (TPSA) is 32.3 Å². The van der Waals surface area contributed by atoms with Crippen molar-refractivity contribution in [2.45, 2.75) is 52.4 Å². The predicted molar refractivity (Wildman–Crippen MR) is 86.5 cm³/mol. The van der Waals surface area contributed by atoms with Crippen molar-refractivity contribution in [1.29, 1.82) is 0 Å². The normalized spacial score (nSPS) is 48.1. The maximum absolute atomic E-state index is 13.2. The first kappa shape index (κ1) is 15.6. The number of carbonyl (C=O) groups excluding carboxylic acids is 1. The van der Waals surface area contributed by atoms with Gasteiger partial charge >= 0.3 is 0 Å². The Kier molecular flexibility index (Phi) is 3.61. The number of nitrogens with one attached hydrogen (secondary N) is 1. The molecule has 120 valence electrons. The highest BCUT2D eigenvalue weighted by atomic mass is 35.5. The minimum absolute atomic E-state index is 0. The summed E-state index contributed by atoms with van der Waals surface area (Å²) >= 11 is 0. The van der Waals surface area contributed by atoms with Gasteiger partial charge in [0, 0.05) is 26.2 Å². The van der Waals surface area contributed by atoms with E-state index in [1.54, 1.807) is 0 Å². The predicted octanol–water partition coefficient (Wildman–Crippen LogP) is 2.84. The molecule has 1 aliphatic heterocycles. The van der Waals surface area contributed by atoms with Crippen LogP contribution in [0.1, 0.15) is 52.4 Å². The number of piperazine rings is 1. The van der Waals surface area contributed by atoms with E-state index in [4.69, 9.17) is 0 Å². The lowest BCUT2D eigenvalue weighted by Crippen LogP contribution is -2.61. The molecule has 0 aromatic rings. The van der Waals surface area contributed by atoms with Gasteiger partial charge in [-0.25, -0.2) is 0 Å². The van der Waals surface area contributed by atoms with Crippen LogP contribution in [0.4, 0.5) is 0 Å². The van der Waals surface area contributed by atoms with Gasteiger partial charge in [-0.05, 0) is 55.3 Å². The quantitative estimate of drug-likeness (QED) is 0.807. The van der Waals surface area contributed by atoms with Gasteiger partial charge in [0.15, 0.2) is 0 Å². The Bertz CT molecular complexity index is 428. The third-order valence-corrected chi connectivity index (χ3v) is 6.48. The zero-order chi connectivity index (χ0) is 14.0. The summed E-state index contributed by atoms with van der Waals surface area (Å²) in [5, 5.41) is 3.36. The van der Waals surface area contributed by atoms with Gasteiger partial charge < -0.3 is 10.2 Å². The van der Waals surface area contributed by atoms with E-state index < -0.39 is 0 Å². The van der Waals surface area contributed by atoms with Gasteiger partial charge in [-0.15, -0.1) is 12.4 Å². The van der Waals surface area contributed by atoms with Crippen LogP contribution in [-0.4, -0.2) is 37.0 Å². The molecule has 2 unspecified atom stereocenters. The third-order valence-electron chi connectivity index (χ3n) is 6.48. The van der Waals surface area contributed by atoms with Crippen molar-refractivity contribution in [3.63, 3.8) is 0 Å². The molecule has 1 amide bonds. The van der Waals surface area contributed by atoms with Crippen LogP contribution >= 0.6 is 12.4 Å². The summed E-state index contributed by atoms with van der Waals surface area (Å²) in [4.78, 5) is 15.4. The first-order valence-electron chi connectivity index (χ1n) is 8.42. The molecule has 5 fully saturated rings. The highest BCUT2D eigenvalue weighted by Gasteiger charge is 2.63. The minimum Gasteiger partial charge on any atom is -0.340 e. The molecule has 2 atom stereocenters. The molecule has 4 heteroatoms. The van der Waals surface area contributed by atoms with E-state index in [0.29, 0.717) is 16.7 Å². The van der Waals surface area contributed by atoms with E-state index in [9.17, 15) is 4.79 Å². The zero-order valence-electron chi connectivity index (χ0n) is 13.4. The second kappa shape index (κ2) is 4.86. The zero-order valence-corrected chi connectivity index (χ0v) is 14.2. The van der Waals surface area contributed by atoms with E-state index in [1.165, 1.54) is 25.7 Å². The molecule has 1 N–H and O–H groups in total. The molecular formula is C17H29ClN2O. The highest BCUT2D eigenvalue weighted by Crippen LogP contribution is 2.69. The monoisotopic (exact) mass is 312 g/mol. The maximum Gasteiger partial charge on any atom is 0.228 e. The fourth-order valence-electron chi connectivity index (χ4n) is 6.89. The van der Waals surface area contributed by atoms with E-state index in [2.05, 4.69) is 24.1 Å². The number of rotatable bonds is 1. The van der Waals surface area contributed by atoms with Crippen molar-refractivity contribution >= 4 is 18.3 Å². The fraction of sp³-hybridized carbons (Fsp3) is 0.941. The SMILES string of the molecule is CC12CC3CC(C)(C1)CC(C(=O)N1CCNCC1)(C3)C2.Cl. The second-order valence-corrected chi connectivity index (χ2v) is 8.95. The van der Waals surface area contributed by atoms with Gasteiger partial charge in [0.05, 0.1) is 5.41 Å². The summed E-state index contributed by atoms with van der Waals surface area (Å²) in [6.07, 6.45) is 7.61. The molecule has 21 heavy (non-hydrogen) atoms. The third kappa shape index (κ3) is 2.41. The molecule has 4 bridgehead atoms. The number of halogens is 1. The van der Waals surface area contributed by atoms with Gasteiger partial charge in [0.1, 0.15) is 0 Å². The van der Waals surface area contributed by atoms with Crippen LogP contribution in [0.2, 0.25) is 0 Å². The largest absolute Gasteiger partial charge is 0.340 e. The average Bonchev–Trinajstić information content (AvgIpc) is 2.34. The molecule has 5 rings (SSSR count). The molecule has 5 aliphatic rings. The second-order valence-electron chi connectivity index (χ2n) is 8.95. The maximum atomic E-state index is 13.2. The van der Waals surface area contributed by atoms with Gasteiger partial charge in [0.25, 0.3) is 0 Å². The summed E-state index contributed by atoms with van der Waals surface area (Å²) in [7, 11) is 0. The fourth-order valence-corrected chi connectivity index (χ4v) is 6.89. The Balaban J connectivity index is 0.00000132. The lowest BCUT2D eigenvalue weighted by molar-refractivity contribution is -0.179. The van der Waals surface area contributed by atoms with E-state index in [-0.39, 0.29) is 17.8 Å². The van der Waals surface area contributed by atoms with Gasteiger partial charge in [-0.3, -0.25) is 4.79 Å². The number of nitrogens with zero attached hydrogens (tertiary/aromatic N) is 1. The van der Waals surface area contributed by atoms with Gasteiger partial charge in [0.2, 0.25) is 5.91 Å². The standard InChI is InChI=1S/C17H28N2O.ClH/c1-15-7-13-8-16(2,10-15)12-17(9-13,11-15)14(20)19-5-3-18-4-6-19;/h13,18H,3-12H2,1-2H3;1H. The van der Waals surface area contributed by atoms with E-state index >= 15 is 0 Å². The lowest BCUT2D eigenvalue weighted by Gasteiger charge is -2.65. The average molecular weight is 313 g/mol. The number of amides is 1. The van der Waals surface area contributed by atoms with Crippen LogP contribution in [0, 0.1) is 22.2 Å². The summed E-state index contributed by atoms with van der Waals surface area (Å²) < 4.78 is 0. The van der Waals surface area contributed by atoms with Crippen molar-refractivity contribution in [2.75, 3.05) is 26.2 Å². The van der Waals surface area contributed by atoms with Gasteiger partial charge in [-0.2, -0.15) is 0 Å². The first-order valence-corrected chi connectivity index (χ1v) is 8.42. The molecule has 4 saturated carbocycles. The van der Waals surface area contributed by atoms with Crippen molar-refractivity contribution in [3.8, 4) is 0 Å². The van der Waals surface area contributed by atoms with Crippen LogP contribution < -0.4 is 5.32 Å². The summed E-state index contributed by atoms with van der Waals surface area (Å²) in [5.41, 5.74) is 0.885. The minimum atomic E-state index is 0. The summed E-state index contributed by atoms with van der Waals surface area (Å²) in [6, 6.07) is 0. The Morgan fingerprint density at radius 2 is 1.57 bits per heavy atom. The summed E-state index contributed by atoms with van der Waals surface area (Å²) in [6.45, 7) is 8.68. The van der Waals surface area contributed by atoms with Crippen molar-refractivity contribution in [3.05, 3.63) is 0 Å². The molecule has 0 spiro atoms. The molecule has 1 saturated heterocycles. The number of hydrogen-bond acceptors (Lipinski definition) is 2. The Morgan fingerprint density at radius 1 is 1.00 bits per heavy atom. The van der Waals surface area contributed by atoms with Crippen LogP contribution in [0.5, 0.6) is 0 Å². The van der Waals surface area contributed by atoms with Gasteiger partial charge in [-0.1, -0.05) is 13.8 Å². The molecular weight excluding hydrogens is 284 g/mol. The van der Waals surface area contributed by atoms with Crippen LogP contribution in [0.25, 0.3) is 0 Å². The highest BCUT2D eigenvalue weighted by molar-refractivity contribution is 5.85. The molecule has 3 nitrogen and oxygen atoms in total. The lowest BCUT2D eigenvalue weighted by atomic mass is 9.40. The van der Waals surface area contributed by atoms with E-state index in [0.717, 1.165) is 44.9 Å². The smallest absolute Gasteiger partial charge is 0.228 e. The Labute approximate surface area is 134 Å². The first-order chi connectivity index (χ1) is 9.42. The van der Waals surface area contributed by atoms with Crippen molar-refractivity contribution in [1.82, 2.24) is 10.2 Å². The van der Waals surface area contributed by atoms with Crippen LogP contribution in [0.15, 0.2) is 0 Å².